The molecule has 9 heteroatoms. The summed E-state index contributed by atoms with van der Waals surface area (Å²) >= 11 is 1.48. The molecular weight excluding hydrogens is 426 g/mol. The van der Waals surface area contributed by atoms with E-state index in [0.29, 0.717) is 30.7 Å². The van der Waals surface area contributed by atoms with E-state index in [-0.39, 0.29) is 11.5 Å². The first kappa shape index (κ1) is 21.2. The third-order valence-electron chi connectivity index (χ3n) is 6.51. The van der Waals surface area contributed by atoms with Crippen LogP contribution in [0.5, 0.6) is 0 Å². The van der Waals surface area contributed by atoms with Crippen LogP contribution in [-0.4, -0.2) is 56.2 Å². The van der Waals surface area contributed by atoms with E-state index in [0.717, 1.165) is 59.9 Å². The number of carbonyl (C=O) groups excluding carboxylic acids is 1. The Morgan fingerprint density at radius 1 is 1.28 bits per heavy atom. The molecule has 1 unspecified atom stereocenters. The van der Waals surface area contributed by atoms with Gasteiger partial charge in [0.25, 0.3) is 5.91 Å². The molecular formula is C23H27N5O3S. The van der Waals surface area contributed by atoms with Gasteiger partial charge < -0.3 is 14.2 Å². The largest absolute Gasteiger partial charge is 0.375 e. The fraction of sp³-hybridized carbons (Fsp3) is 0.522. The summed E-state index contributed by atoms with van der Waals surface area (Å²) in [5.41, 5.74) is 1.52. The molecule has 1 amide bonds. The van der Waals surface area contributed by atoms with E-state index >= 15 is 0 Å². The third-order valence-corrected chi connectivity index (χ3v) is 7.57. The minimum absolute atomic E-state index is 0.101. The highest BCUT2D eigenvalue weighted by molar-refractivity contribution is 7.13. The van der Waals surface area contributed by atoms with Crippen LogP contribution in [0.15, 0.2) is 29.0 Å². The first-order valence-corrected chi connectivity index (χ1v) is 11.9. The van der Waals surface area contributed by atoms with Crippen molar-refractivity contribution in [3.05, 3.63) is 46.0 Å². The van der Waals surface area contributed by atoms with E-state index in [1.807, 2.05) is 30.9 Å². The lowest BCUT2D eigenvalue weighted by Crippen LogP contribution is -2.51. The summed E-state index contributed by atoms with van der Waals surface area (Å²) < 4.78 is 11.8. The van der Waals surface area contributed by atoms with Crippen LogP contribution >= 0.6 is 11.3 Å². The summed E-state index contributed by atoms with van der Waals surface area (Å²) in [7, 11) is 0. The lowest BCUT2D eigenvalue weighted by molar-refractivity contribution is -0.123. The molecule has 3 aromatic heterocycles. The van der Waals surface area contributed by atoms with Crippen LogP contribution in [0.1, 0.15) is 51.9 Å². The van der Waals surface area contributed by atoms with Gasteiger partial charge in [0, 0.05) is 44.1 Å². The molecule has 0 aliphatic carbocycles. The number of piperidine rings is 1. The van der Waals surface area contributed by atoms with Crippen molar-refractivity contribution in [1.82, 2.24) is 25.0 Å². The molecule has 2 aliphatic rings. The molecule has 0 radical (unpaired) electrons. The number of rotatable bonds is 4. The van der Waals surface area contributed by atoms with Crippen molar-refractivity contribution in [2.24, 2.45) is 5.92 Å². The van der Waals surface area contributed by atoms with E-state index in [1.165, 1.54) is 11.3 Å². The molecule has 0 saturated carbocycles. The Balaban J connectivity index is 1.20. The zero-order chi connectivity index (χ0) is 22.1. The predicted molar refractivity (Wildman–Crippen MR) is 119 cm³/mol. The van der Waals surface area contributed by atoms with E-state index in [4.69, 9.17) is 9.26 Å². The molecule has 32 heavy (non-hydrogen) atoms. The number of aromatic nitrogens is 4. The van der Waals surface area contributed by atoms with E-state index < -0.39 is 0 Å². The number of aryl methyl sites for hydroxylation is 2. The molecule has 5 rings (SSSR count). The smallest absolute Gasteiger partial charge is 0.265 e. The van der Waals surface area contributed by atoms with Crippen molar-refractivity contribution in [1.29, 1.82) is 0 Å². The minimum atomic E-state index is -0.162. The average molecular weight is 454 g/mol. The van der Waals surface area contributed by atoms with Crippen LogP contribution < -0.4 is 0 Å². The molecule has 5 heterocycles. The lowest BCUT2D eigenvalue weighted by atomic mass is 9.78. The van der Waals surface area contributed by atoms with E-state index in [9.17, 15) is 4.79 Å². The molecule has 2 aliphatic heterocycles. The monoisotopic (exact) mass is 453 g/mol. The van der Waals surface area contributed by atoms with Crippen molar-refractivity contribution in [2.45, 2.75) is 51.6 Å². The highest BCUT2D eigenvalue weighted by Crippen LogP contribution is 2.39. The van der Waals surface area contributed by atoms with Crippen LogP contribution in [0.3, 0.4) is 0 Å². The van der Waals surface area contributed by atoms with Crippen LogP contribution in [0.4, 0.5) is 0 Å². The maximum atomic E-state index is 13.0. The van der Waals surface area contributed by atoms with Crippen LogP contribution in [0.25, 0.3) is 11.4 Å². The standard InChI is InChI=1S/C23H27N5O3S/c1-15-20(32-16(2)25-15)22(29)28-9-6-23(7-10-28)13-17(5-11-30-23)12-19-26-21(27-31-19)18-4-3-8-24-14-18/h3-4,8,14,17H,5-7,9-13H2,1-2H3. The molecule has 8 nitrogen and oxygen atoms in total. The normalized spacial score (nSPS) is 20.6. The quantitative estimate of drug-likeness (QED) is 0.592. The summed E-state index contributed by atoms with van der Waals surface area (Å²) in [6.07, 6.45) is 7.87. The Morgan fingerprint density at radius 2 is 2.12 bits per heavy atom. The van der Waals surface area contributed by atoms with E-state index in [2.05, 4.69) is 20.1 Å². The lowest BCUT2D eigenvalue weighted by Gasteiger charge is -2.46. The highest BCUT2D eigenvalue weighted by atomic mass is 32.1. The number of ether oxygens (including phenoxy) is 1. The second kappa shape index (κ2) is 8.71. The topological polar surface area (TPSA) is 94.2 Å². The number of hydrogen-bond acceptors (Lipinski definition) is 8. The SMILES string of the molecule is Cc1nc(C)c(C(=O)N2CCC3(CC2)CC(Cc2nc(-c4cccnc4)no2)CCO3)s1. The number of likely N-dealkylation sites (tertiary alicyclic amines) is 1. The van der Waals surface area contributed by atoms with Crippen molar-refractivity contribution in [3.8, 4) is 11.4 Å². The van der Waals surface area contributed by atoms with Gasteiger partial charge in [-0.05, 0) is 57.6 Å². The van der Waals surface area contributed by atoms with Gasteiger partial charge in [-0.2, -0.15) is 4.98 Å². The van der Waals surface area contributed by atoms with Gasteiger partial charge in [-0.25, -0.2) is 4.98 Å². The number of thiazole rings is 1. The maximum absolute atomic E-state index is 13.0. The summed E-state index contributed by atoms with van der Waals surface area (Å²) in [6.45, 7) is 6.02. The number of pyridine rings is 1. The number of carbonyl (C=O) groups is 1. The van der Waals surface area contributed by atoms with Gasteiger partial charge in [-0.15, -0.1) is 11.3 Å². The second-order valence-electron chi connectivity index (χ2n) is 8.79. The molecule has 2 fully saturated rings. The minimum Gasteiger partial charge on any atom is -0.375 e. The fourth-order valence-corrected chi connectivity index (χ4v) is 5.73. The van der Waals surface area contributed by atoms with Crippen molar-refractivity contribution in [3.63, 3.8) is 0 Å². The third kappa shape index (κ3) is 4.31. The number of amides is 1. The van der Waals surface area contributed by atoms with Gasteiger partial charge >= 0.3 is 0 Å². The Morgan fingerprint density at radius 3 is 2.84 bits per heavy atom. The fourth-order valence-electron chi connectivity index (χ4n) is 4.84. The highest BCUT2D eigenvalue weighted by Gasteiger charge is 2.42. The molecule has 1 atom stereocenters. The maximum Gasteiger partial charge on any atom is 0.265 e. The molecule has 1 spiro atoms. The van der Waals surface area contributed by atoms with Crippen molar-refractivity contribution in [2.75, 3.05) is 19.7 Å². The Labute approximate surface area is 191 Å². The Bertz CT molecular complexity index is 1090. The average Bonchev–Trinajstić information content (AvgIpc) is 3.40. The first-order valence-electron chi connectivity index (χ1n) is 11.1. The molecule has 168 valence electrons. The zero-order valence-corrected chi connectivity index (χ0v) is 19.2. The summed E-state index contributed by atoms with van der Waals surface area (Å²) in [4.78, 5) is 28.8. The molecule has 0 N–H and O–H groups in total. The van der Waals surface area contributed by atoms with Gasteiger partial charge in [0.05, 0.1) is 16.3 Å². The summed E-state index contributed by atoms with van der Waals surface area (Å²) in [6, 6.07) is 3.79. The van der Waals surface area contributed by atoms with Gasteiger partial charge in [0.1, 0.15) is 4.88 Å². The van der Waals surface area contributed by atoms with Crippen molar-refractivity contribution < 1.29 is 14.1 Å². The second-order valence-corrected chi connectivity index (χ2v) is 9.99. The summed E-state index contributed by atoms with van der Waals surface area (Å²) in [5.74, 6) is 1.77. The molecule has 2 saturated heterocycles. The number of nitrogens with zero attached hydrogens (tertiary/aromatic N) is 5. The number of hydrogen-bond donors (Lipinski definition) is 0. The predicted octanol–water partition coefficient (Wildman–Crippen LogP) is 3.85. The van der Waals surface area contributed by atoms with Crippen LogP contribution in [0, 0.1) is 19.8 Å². The first-order chi connectivity index (χ1) is 15.5. The van der Waals surface area contributed by atoms with Gasteiger partial charge in [0.2, 0.25) is 11.7 Å². The summed E-state index contributed by atoms with van der Waals surface area (Å²) in [5, 5.41) is 5.05. The molecule has 0 bridgehead atoms. The molecule has 0 aromatic carbocycles. The van der Waals surface area contributed by atoms with Crippen LogP contribution in [-0.2, 0) is 11.2 Å². The van der Waals surface area contributed by atoms with Gasteiger partial charge in [-0.1, -0.05) is 5.16 Å². The Hall–Kier alpha value is -2.65. The van der Waals surface area contributed by atoms with Gasteiger partial charge in [0.15, 0.2) is 0 Å². The van der Waals surface area contributed by atoms with Gasteiger partial charge in [-0.3, -0.25) is 9.78 Å². The van der Waals surface area contributed by atoms with Crippen molar-refractivity contribution >= 4 is 17.2 Å². The molecule has 3 aromatic rings. The zero-order valence-electron chi connectivity index (χ0n) is 18.4. The Kier molecular flexibility index (Phi) is 5.77. The van der Waals surface area contributed by atoms with E-state index in [1.54, 1.807) is 12.4 Å². The van der Waals surface area contributed by atoms with Crippen LogP contribution in [0.2, 0.25) is 0 Å².